The molecule has 0 spiro atoms. The molecule has 1 amide bonds. The lowest BCUT2D eigenvalue weighted by Crippen LogP contribution is -2.11. The Morgan fingerprint density at radius 2 is 2.36 bits per heavy atom. The fourth-order valence-electron chi connectivity index (χ4n) is 0.992. The quantitative estimate of drug-likeness (QED) is 0.803. The van der Waals surface area contributed by atoms with E-state index < -0.39 is 5.82 Å². The summed E-state index contributed by atoms with van der Waals surface area (Å²) in [5.74, 6) is -0.0879. The fourth-order valence-corrected chi connectivity index (χ4v) is 0.992. The fraction of sp³-hybridized carbons (Fsp3) is 0.400. The highest BCUT2D eigenvalue weighted by molar-refractivity contribution is 5.89. The summed E-state index contributed by atoms with van der Waals surface area (Å²) in [6, 6.07) is 2.71. The van der Waals surface area contributed by atoms with E-state index in [4.69, 9.17) is 0 Å². The molecule has 0 aliphatic carbocycles. The summed E-state index contributed by atoms with van der Waals surface area (Å²) in [4.78, 5) is 14.9. The molecule has 0 fully saturated rings. The lowest BCUT2D eigenvalue weighted by molar-refractivity contribution is -0.116. The largest absolute Gasteiger partial charge is 0.311 e. The molecule has 4 heteroatoms. The number of carbonyl (C=O) groups is 1. The molecular weight excluding hydrogens is 183 g/mol. The van der Waals surface area contributed by atoms with E-state index >= 15 is 0 Å². The van der Waals surface area contributed by atoms with Crippen molar-refractivity contribution in [2.45, 2.75) is 26.2 Å². The van der Waals surface area contributed by atoms with Crippen LogP contribution in [0.5, 0.6) is 0 Å². The van der Waals surface area contributed by atoms with Crippen LogP contribution in [0, 0.1) is 5.82 Å². The second-order valence-corrected chi connectivity index (χ2v) is 3.01. The summed E-state index contributed by atoms with van der Waals surface area (Å²) in [7, 11) is 0. The molecule has 0 radical (unpaired) electrons. The summed E-state index contributed by atoms with van der Waals surface area (Å²) in [5.41, 5.74) is 0. The van der Waals surface area contributed by atoms with Crippen molar-refractivity contribution in [1.82, 2.24) is 4.98 Å². The number of carbonyl (C=O) groups excluding carboxylic acids is 1. The predicted molar refractivity (Wildman–Crippen MR) is 52.3 cm³/mol. The number of halogens is 1. The highest BCUT2D eigenvalue weighted by atomic mass is 19.1. The first-order chi connectivity index (χ1) is 6.72. The standard InChI is InChI=1S/C10H13FN2O/c1-2-3-4-10(14)13-9-6-5-8(11)7-12-9/h5-7H,2-4H2,1H3,(H,12,13,14). The van der Waals surface area contributed by atoms with Crippen LogP contribution in [-0.2, 0) is 4.79 Å². The molecule has 0 saturated heterocycles. The highest BCUT2D eigenvalue weighted by Gasteiger charge is 2.01. The van der Waals surface area contributed by atoms with Crippen LogP contribution < -0.4 is 5.32 Å². The lowest BCUT2D eigenvalue weighted by atomic mass is 10.2. The van der Waals surface area contributed by atoms with Crippen LogP contribution in [0.2, 0.25) is 0 Å². The summed E-state index contributed by atoms with van der Waals surface area (Å²) >= 11 is 0. The zero-order chi connectivity index (χ0) is 10.4. The number of unbranched alkanes of at least 4 members (excludes halogenated alkanes) is 1. The molecule has 1 aromatic rings. The zero-order valence-corrected chi connectivity index (χ0v) is 8.09. The van der Waals surface area contributed by atoms with E-state index in [0.717, 1.165) is 19.0 Å². The predicted octanol–water partition coefficient (Wildman–Crippen LogP) is 2.35. The van der Waals surface area contributed by atoms with Gasteiger partial charge in [-0.2, -0.15) is 0 Å². The summed E-state index contributed by atoms with van der Waals surface area (Å²) in [6.07, 6.45) is 3.39. The Bertz CT molecular complexity index is 297. The molecule has 0 bridgehead atoms. The van der Waals surface area contributed by atoms with E-state index in [1.807, 2.05) is 6.92 Å². The number of hydrogen-bond donors (Lipinski definition) is 1. The molecule has 1 rings (SSSR count). The molecule has 0 atom stereocenters. The lowest BCUT2D eigenvalue weighted by Gasteiger charge is -2.02. The van der Waals surface area contributed by atoms with Gasteiger partial charge in [0.25, 0.3) is 0 Å². The Hall–Kier alpha value is -1.45. The Balaban J connectivity index is 2.44. The van der Waals surface area contributed by atoms with Crippen molar-refractivity contribution in [2.24, 2.45) is 0 Å². The van der Waals surface area contributed by atoms with Crippen LogP contribution in [0.3, 0.4) is 0 Å². The minimum atomic E-state index is -0.406. The minimum absolute atomic E-state index is 0.0778. The molecular formula is C10H13FN2O. The van der Waals surface area contributed by atoms with Crippen molar-refractivity contribution in [3.8, 4) is 0 Å². The second kappa shape index (κ2) is 5.32. The van der Waals surface area contributed by atoms with Crippen LogP contribution in [0.4, 0.5) is 10.2 Å². The van der Waals surface area contributed by atoms with Crippen molar-refractivity contribution in [3.63, 3.8) is 0 Å². The van der Waals surface area contributed by atoms with E-state index in [1.54, 1.807) is 0 Å². The third-order valence-electron chi connectivity index (χ3n) is 1.75. The van der Waals surface area contributed by atoms with Crippen LogP contribution in [0.25, 0.3) is 0 Å². The first-order valence-corrected chi connectivity index (χ1v) is 4.63. The minimum Gasteiger partial charge on any atom is -0.311 e. The number of amides is 1. The van der Waals surface area contributed by atoms with Gasteiger partial charge >= 0.3 is 0 Å². The van der Waals surface area contributed by atoms with Gasteiger partial charge in [-0.1, -0.05) is 13.3 Å². The van der Waals surface area contributed by atoms with Gasteiger partial charge in [-0.15, -0.1) is 0 Å². The maximum absolute atomic E-state index is 12.5. The maximum Gasteiger partial charge on any atom is 0.225 e. The van der Waals surface area contributed by atoms with E-state index in [-0.39, 0.29) is 5.91 Å². The molecule has 0 unspecified atom stereocenters. The molecule has 76 valence electrons. The van der Waals surface area contributed by atoms with Gasteiger partial charge in [0.15, 0.2) is 0 Å². The van der Waals surface area contributed by atoms with E-state index in [0.29, 0.717) is 12.2 Å². The number of nitrogens with one attached hydrogen (secondary N) is 1. The topological polar surface area (TPSA) is 42.0 Å². The van der Waals surface area contributed by atoms with Crippen molar-refractivity contribution in [3.05, 3.63) is 24.1 Å². The van der Waals surface area contributed by atoms with Gasteiger partial charge in [0.05, 0.1) is 6.20 Å². The molecule has 0 aliphatic rings. The third-order valence-corrected chi connectivity index (χ3v) is 1.75. The Morgan fingerprint density at radius 3 is 2.93 bits per heavy atom. The van der Waals surface area contributed by atoms with Crippen molar-refractivity contribution in [2.75, 3.05) is 5.32 Å². The molecule has 0 saturated carbocycles. The molecule has 1 N–H and O–H groups in total. The maximum atomic E-state index is 12.5. The van der Waals surface area contributed by atoms with Crippen molar-refractivity contribution >= 4 is 11.7 Å². The van der Waals surface area contributed by atoms with Gasteiger partial charge < -0.3 is 5.32 Å². The average molecular weight is 196 g/mol. The van der Waals surface area contributed by atoms with Crippen molar-refractivity contribution < 1.29 is 9.18 Å². The SMILES string of the molecule is CCCCC(=O)Nc1ccc(F)cn1. The number of pyridine rings is 1. The van der Waals surface area contributed by atoms with Gasteiger partial charge in [0.1, 0.15) is 11.6 Å². The summed E-state index contributed by atoms with van der Waals surface area (Å²) in [5, 5.41) is 2.59. The Morgan fingerprint density at radius 1 is 1.57 bits per heavy atom. The van der Waals surface area contributed by atoms with E-state index in [9.17, 15) is 9.18 Å². The number of rotatable bonds is 4. The Labute approximate surface area is 82.4 Å². The molecule has 3 nitrogen and oxygen atoms in total. The van der Waals surface area contributed by atoms with Crippen LogP contribution in [0.15, 0.2) is 18.3 Å². The molecule has 14 heavy (non-hydrogen) atoms. The van der Waals surface area contributed by atoms with Crippen LogP contribution in [-0.4, -0.2) is 10.9 Å². The smallest absolute Gasteiger partial charge is 0.225 e. The first kappa shape index (κ1) is 10.6. The third kappa shape index (κ3) is 3.51. The van der Waals surface area contributed by atoms with Gasteiger partial charge in [0.2, 0.25) is 5.91 Å². The highest BCUT2D eigenvalue weighted by Crippen LogP contribution is 2.04. The number of hydrogen-bond acceptors (Lipinski definition) is 2. The monoisotopic (exact) mass is 196 g/mol. The molecule has 1 heterocycles. The first-order valence-electron chi connectivity index (χ1n) is 4.63. The zero-order valence-electron chi connectivity index (χ0n) is 8.09. The summed E-state index contributed by atoms with van der Waals surface area (Å²) in [6.45, 7) is 2.02. The molecule has 1 aromatic heterocycles. The summed E-state index contributed by atoms with van der Waals surface area (Å²) < 4.78 is 12.5. The number of nitrogens with zero attached hydrogens (tertiary/aromatic N) is 1. The van der Waals surface area contributed by atoms with E-state index in [1.165, 1.54) is 12.1 Å². The molecule has 0 aliphatic heterocycles. The van der Waals surface area contributed by atoms with E-state index in [2.05, 4.69) is 10.3 Å². The average Bonchev–Trinajstić information content (AvgIpc) is 2.18. The Kier molecular flexibility index (Phi) is 4.04. The molecule has 0 aromatic carbocycles. The van der Waals surface area contributed by atoms with Crippen molar-refractivity contribution in [1.29, 1.82) is 0 Å². The van der Waals surface area contributed by atoms with Crippen LogP contribution >= 0.6 is 0 Å². The van der Waals surface area contributed by atoms with Gasteiger partial charge in [-0.05, 0) is 18.6 Å². The van der Waals surface area contributed by atoms with Crippen LogP contribution in [0.1, 0.15) is 26.2 Å². The number of anilines is 1. The normalized spacial score (nSPS) is 9.86. The van der Waals surface area contributed by atoms with Gasteiger partial charge in [0, 0.05) is 6.42 Å². The second-order valence-electron chi connectivity index (χ2n) is 3.01. The number of aromatic nitrogens is 1. The van der Waals surface area contributed by atoms with Gasteiger partial charge in [-0.3, -0.25) is 4.79 Å². The van der Waals surface area contributed by atoms with Gasteiger partial charge in [-0.25, -0.2) is 9.37 Å².